The second kappa shape index (κ2) is 5.88. The average molecular weight is 283 g/mol. The van der Waals surface area contributed by atoms with Crippen LogP contribution in [0.2, 0.25) is 0 Å². The van der Waals surface area contributed by atoms with Gasteiger partial charge in [0.1, 0.15) is 4.88 Å². The van der Waals surface area contributed by atoms with Crippen molar-refractivity contribution in [1.29, 1.82) is 0 Å². The van der Waals surface area contributed by atoms with E-state index in [4.69, 9.17) is 0 Å². The van der Waals surface area contributed by atoms with E-state index in [1.165, 1.54) is 11.3 Å². The molecule has 0 radical (unpaired) electrons. The predicted octanol–water partition coefficient (Wildman–Crippen LogP) is 2.11. The Labute approximate surface area is 117 Å². The van der Waals surface area contributed by atoms with Crippen molar-refractivity contribution in [3.8, 4) is 0 Å². The number of carboxylic acid groups (broad SMARTS) is 1. The Morgan fingerprint density at radius 1 is 1.32 bits per heavy atom. The zero-order valence-electron chi connectivity index (χ0n) is 11.7. The van der Waals surface area contributed by atoms with E-state index in [9.17, 15) is 9.90 Å². The third-order valence-corrected chi connectivity index (χ3v) is 4.49. The van der Waals surface area contributed by atoms with Crippen LogP contribution >= 0.6 is 11.3 Å². The summed E-state index contributed by atoms with van der Waals surface area (Å²) in [6.45, 7) is 7.93. The summed E-state index contributed by atoms with van der Waals surface area (Å²) < 4.78 is 0. The van der Waals surface area contributed by atoms with Crippen molar-refractivity contribution in [1.82, 2.24) is 9.88 Å². The highest BCUT2D eigenvalue weighted by Gasteiger charge is 2.23. The zero-order chi connectivity index (χ0) is 14.0. The van der Waals surface area contributed by atoms with Crippen LogP contribution in [0.3, 0.4) is 0 Å². The molecule has 0 bridgehead atoms. The molecule has 1 aromatic heterocycles. The largest absolute Gasteiger partial charge is 0.477 e. The van der Waals surface area contributed by atoms with Gasteiger partial charge in [-0.05, 0) is 25.9 Å². The third kappa shape index (κ3) is 3.25. The molecule has 19 heavy (non-hydrogen) atoms. The Balaban J connectivity index is 2.24. The smallest absolute Gasteiger partial charge is 0.347 e. The molecule has 1 aliphatic heterocycles. The summed E-state index contributed by atoms with van der Waals surface area (Å²) in [4.78, 5) is 20.8. The van der Waals surface area contributed by atoms with Crippen molar-refractivity contribution in [3.63, 3.8) is 0 Å². The van der Waals surface area contributed by atoms with E-state index >= 15 is 0 Å². The van der Waals surface area contributed by atoms with Crippen LogP contribution < -0.4 is 4.90 Å². The molecule has 6 heteroatoms. The minimum atomic E-state index is -0.862. The summed E-state index contributed by atoms with van der Waals surface area (Å²) in [5.41, 5.74) is 0.713. The van der Waals surface area contributed by atoms with E-state index in [-0.39, 0.29) is 5.92 Å². The maximum Gasteiger partial charge on any atom is 0.347 e. The quantitative estimate of drug-likeness (QED) is 0.920. The van der Waals surface area contributed by atoms with Gasteiger partial charge in [0.2, 0.25) is 0 Å². The van der Waals surface area contributed by atoms with Gasteiger partial charge in [0.25, 0.3) is 0 Å². The zero-order valence-corrected chi connectivity index (χ0v) is 12.5. The highest BCUT2D eigenvalue weighted by Crippen LogP contribution is 2.31. The van der Waals surface area contributed by atoms with Gasteiger partial charge in [0.15, 0.2) is 5.13 Å². The van der Waals surface area contributed by atoms with Crippen molar-refractivity contribution in [2.24, 2.45) is 0 Å². The molecule has 0 unspecified atom stereocenters. The Bertz CT molecular complexity index is 459. The first-order valence-corrected chi connectivity index (χ1v) is 7.48. The highest BCUT2D eigenvalue weighted by atomic mass is 32.1. The molecule has 0 saturated carbocycles. The minimum Gasteiger partial charge on any atom is -0.477 e. The molecule has 0 spiro atoms. The van der Waals surface area contributed by atoms with Crippen LogP contribution in [0, 0.1) is 0 Å². The Hall–Kier alpha value is -1.14. The molecule has 5 nitrogen and oxygen atoms in total. The molecular weight excluding hydrogens is 262 g/mol. The van der Waals surface area contributed by atoms with Gasteiger partial charge in [-0.3, -0.25) is 0 Å². The van der Waals surface area contributed by atoms with Gasteiger partial charge in [-0.1, -0.05) is 25.2 Å². The summed E-state index contributed by atoms with van der Waals surface area (Å²) in [5.74, 6) is -0.717. The molecule has 0 atom stereocenters. The molecule has 1 N–H and O–H groups in total. The van der Waals surface area contributed by atoms with Crippen molar-refractivity contribution >= 4 is 22.4 Å². The van der Waals surface area contributed by atoms with E-state index < -0.39 is 5.97 Å². The van der Waals surface area contributed by atoms with Gasteiger partial charge < -0.3 is 14.9 Å². The molecular formula is C13H21N3O2S. The summed E-state index contributed by atoms with van der Waals surface area (Å²) >= 11 is 1.31. The number of carboxylic acids is 1. The fourth-order valence-electron chi connectivity index (χ4n) is 2.24. The minimum absolute atomic E-state index is 0.144. The number of hydrogen-bond donors (Lipinski definition) is 1. The molecule has 1 aliphatic rings. The highest BCUT2D eigenvalue weighted by molar-refractivity contribution is 7.17. The van der Waals surface area contributed by atoms with Crippen LogP contribution in [0.5, 0.6) is 0 Å². The SMILES string of the molecule is CC(C)c1nc(N2CCCN(C)CC2)sc1C(=O)O. The lowest BCUT2D eigenvalue weighted by atomic mass is 10.1. The first kappa shape index (κ1) is 14.3. The number of carbonyl (C=O) groups is 1. The van der Waals surface area contributed by atoms with Gasteiger partial charge >= 0.3 is 5.97 Å². The van der Waals surface area contributed by atoms with E-state index in [0.29, 0.717) is 10.6 Å². The molecule has 0 aliphatic carbocycles. The average Bonchev–Trinajstić information content (AvgIpc) is 2.68. The molecule has 0 amide bonds. The fourth-order valence-corrected chi connectivity index (χ4v) is 3.35. The van der Waals surface area contributed by atoms with E-state index in [1.807, 2.05) is 13.8 Å². The third-order valence-electron chi connectivity index (χ3n) is 3.37. The fraction of sp³-hybridized carbons (Fsp3) is 0.692. The molecule has 2 heterocycles. The summed E-state index contributed by atoms with van der Waals surface area (Å²) in [7, 11) is 2.12. The monoisotopic (exact) mass is 283 g/mol. The van der Waals surface area contributed by atoms with Crippen molar-refractivity contribution < 1.29 is 9.90 Å². The summed E-state index contributed by atoms with van der Waals surface area (Å²) in [6.07, 6.45) is 1.09. The number of aromatic nitrogens is 1. The van der Waals surface area contributed by atoms with Crippen LogP contribution in [-0.4, -0.2) is 54.2 Å². The Morgan fingerprint density at radius 2 is 2.05 bits per heavy atom. The van der Waals surface area contributed by atoms with E-state index in [2.05, 4.69) is 21.8 Å². The molecule has 2 rings (SSSR count). The van der Waals surface area contributed by atoms with Crippen molar-refractivity contribution in [3.05, 3.63) is 10.6 Å². The maximum absolute atomic E-state index is 11.3. The van der Waals surface area contributed by atoms with Gasteiger partial charge in [-0.15, -0.1) is 0 Å². The van der Waals surface area contributed by atoms with E-state index in [1.54, 1.807) is 0 Å². The standard InChI is InChI=1S/C13H21N3O2S/c1-9(2)10-11(12(17)18)19-13(14-10)16-6-4-5-15(3)7-8-16/h9H,4-8H2,1-3H3,(H,17,18). The van der Waals surface area contributed by atoms with Gasteiger partial charge in [-0.2, -0.15) is 0 Å². The number of nitrogens with zero attached hydrogens (tertiary/aromatic N) is 3. The van der Waals surface area contributed by atoms with Gasteiger partial charge in [0, 0.05) is 19.6 Å². The summed E-state index contributed by atoms with van der Waals surface area (Å²) in [6, 6.07) is 0. The van der Waals surface area contributed by atoms with Crippen LogP contribution in [0.4, 0.5) is 5.13 Å². The van der Waals surface area contributed by atoms with Crippen molar-refractivity contribution in [2.45, 2.75) is 26.2 Å². The van der Waals surface area contributed by atoms with Crippen LogP contribution in [-0.2, 0) is 0 Å². The predicted molar refractivity (Wildman–Crippen MR) is 77.5 cm³/mol. The lowest BCUT2D eigenvalue weighted by Gasteiger charge is -2.19. The number of anilines is 1. The topological polar surface area (TPSA) is 56.7 Å². The van der Waals surface area contributed by atoms with Gasteiger partial charge in [-0.25, -0.2) is 9.78 Å². The number of aromatic carboxylic acids is 1. The Morgan fingerprint density at radius 3 is 2.63 bits per heavy atom. The van der Waals surface area contributed by atoms with Crippen LogP contribution in [0.1, 0.15) is 41.6 Å². The van der Waals surface area contributed by atoms with Crippen LogP contribution in [0.15, 0.2) is 0 Å². The molecule has 0 aromatic carbocycles. The Kier molecular flexibility index (Phi) is 4.42. The van der Waals surface area contributed by atoms with Crippen molar-refractivity contribution in [2.75, 3.05) is 38.1 Å². The van der Waals surface area contributed by atoms with Gasteiger partial charge in [0.05, 0.1) is 5.69 Å². The van der Waals surface area contributed by atoms with Crippen LogP contribution in [0.25, 0.3) is 0 Å². The first-order chi connectivity index (χ1) is 8.99. The second-order valence-electron chi connectivity index (χ2n) is 5.31. The number of hydrogen-bond acceptors (Lipinski definition) is 5. The number of rotatable bonds is 3. The van der Waals surface area contributed by atoms with E-state index in [0.717, 1.165) is 37.7 Å². The normalized spacial score (nSPS) is 17.8. The maximum atomic E-state index is 11.3. The second-order valence-corrected chi connectivity index (χ2v) is 6.29. The number of likely N-dealkylation sites (N-methyl/N-ethyl adjacent to an activating group) is 1. The molecule has 1 saturated heterocycles. The molecule has 1 aromatic rings. The molecule has 106 valence electrons. The number of thiazole rings is 1. The lowest BCUT2D eigenvalue weighted by molar-refractivity contribution is 0.0700. The first-order valence-electron chi connectivity index (χ1n) is 6.66. The molecule has 1 fully saturated rings. The summed E-state index contributed by atoms with van der Waals surface area (Å²) in [5, 5.41) is 10.1. The lowest BCUT2D eigenvalue weighted by Crippen LogP contribution is -2.28.